The average molecular weight is 236 g/mol. The summed E-state index contributed by atoms with van der Waals surface area (Å²) in [7, 11) is 0. The molecule has 2 unspecified atom stereocenters. The van der Waals surface area contributed by atoms with E-state index in [0.717, 1.165) is 0 Å². The van der Waals surface area contributed by atoms with Crippen molar-refractivity contribution in [2.24, 2.45) is 11.8 Å². The second-order valence-corrected chi connectivity index (χ2v) is 4.75. The van der Waals surface area contributed by atoms with Crippen LogP contribution in [-0.4, -0.2) is 54.6 Å². The van der Waals surface area contributed by atoms with Gasteiger partial charge in [0.2, 0.25) is 5.91 Å². The minimum absolute atomic E-state index is 0.0248. The molecule has 0 spiro atoms. The quantitative estimate of drug-likeness (QED) is 0.677. The molecular formula is C10H15F3N2O. The zero-order chi connectivity index (χ0) is 11.9. The lowest BCUT2D eigenvalue weighted by molar-refractivity contribution is -0.144. The first kappa shape index (κ1) is 11.7. The third kappa shape index (κ3) is 2.48. The Morgan fingerprint density at radius 1 is 1.19 bits per heavy atom. The summed E-state index contributed by atoms with van der Waals surface area (Å²) in [5.74, 6) is 0.481. The van der Waals surface area contributed by atoms with E-state index in [9.17, 15) is 18.0 Å². The molecule has 0 radical (unpaired) electrons. The molecule has 2 atom stereocenters. The summed E-state index contributed by atoms with van der Waals surface area (Å²) < 4.78 is 36.5. The van der Waals surface area contributed by atoms with Gasteiger partial charge in [-0.3, -0.25) is 9.69 Å². The molecule has 0 aromatic rings. The lowest BCUT2D eigenvalue weighted by atomic mass is 10.0. The van der Waals surface area contributed by atoms with Gasteiger partial charge in [0.15, 0.2) is 0 Å². The van der Waals surface area contributed by atoms with Gasteiger partial charge in [0.1, 0.15) is 0 Å². The van der Waals surface area contributed by atoms with Crippen molar-refractivity contribution in [2.75, 3.05) is 32.7 Å². The third-order valence-electron chi connectivity index (χ3n) is 3.41. The van der Waals surface area contributed by atoms with E-state index in [2.05, 4.69) is 0 Å². The first-order chi connectivity index (χ1) is 7.35. The summed E-state index contributed by atoms with van der Waals surface area (Å²) in [5.41, 5.74) is 0. The molecule has 2 fully saturated rings. The summed E-state index contributed by atoms with van der Waals surface area (Å²) in [6.07, 6.45) is -4.11. The van der Waals surface area contributed by atoms with Gasteiger partial charge in [-0.2, -0.15) is 13.2 Å². The average Bonchev–Trinajstić information content (AvgIpc) is 2.56. The molecule has 2 aliphatic heterocycles. The molecule has 0 saturated carbocycles. The highest BCUT2D eigenvalue weighted by Gasteiger charge is 2.43. The van der Waals surface area contributed by atoms with Crippen molar-refractivity contribution in [3.63, 3.8) is 0 Å². The number of fused-ring (bicyclic) bond motifs is 1. The van der Waals surface area contributed by atoms with Crippen molar-refractivity contribution in [1.29, 1.82) is 0 Å². The van der Waals surface area contributed by atoms with Crippen molar-refractivity contribution < 1.29 is 18.0 Å². The number of rotatable bonds is 1. The Bertz CT molecular complexity index is 278. The number of nitrogens with zero attached hydrogens (tertiary/aromatic N) is 2. The van der Waals surface area contributed by atoms with E-state index >= 15 is 0 Å². The molecule has 2 aliphatic rings. The number of hydrogen-bond donors (Lipinski definition) is 0. The number of amides is 1. The SMILES string of the molecule is CC(=O)N1CC2CN(CC(F)(F)F)CC2C1. The molecule has 0 bridgehead atoms. The topological polar surface area (TPSA) is 23.6 Å². The second-order valence-electron chi connectivity index (χ2n) is 4.75. The lowest BCUT2D eigenvalue weighted by Crippen LogP contribution is -2.36. The number of halogens is 3. The highest BCUT2D eigenvalue weighted by Crippen LogP contribution is 2.32. The van der Waals surface area contributed by atoms with E-state index in [-0.39, 0.29) is 17.7 Å². The highest BCUT2D eigenvalue weighted by atomic mass is 19.4. The van der Waals surface area contributed by atoms with Gasteiger partial charge in [0.25, 0.3) is 0 Å². The van der Waals surface area contributed by atoms with Crippen LogP contribution in [0.1, 0.15) is 6.92 Å². The van der Waals surface area contributed by atoms with E-state index in [4.69, 9.17) is 0 Å². The molecule has 92 valence electrons. The number of hydrogen-bond acceptors (Lipinski definition) is 2. The fourth-order valence-corrected chi connectivity index (χ4v) is 2.73. The maximum Gasteiger partial charge on any atom is 0.401 e. The molecule has 2 rings (SSSR count). The zero-order valence-corrected chi connectivity index (χ0v) is 9.13. The molecule has 6 heteroatoms. The van der Waals surface area contributed by atoms with E-state index < -0.39 is 12.7 Å². The van der Waals surface area contributed by atoms with Crippen molar-refractivity contribution in [3.8, 4) is 0 Å². The fraction of sp³-hybridized carbons (Fsp3) is 0.900. The van der Waals surface area contributed by atoms with E-state index in [1.165, 1.54) is 11.8 Å². The number of carbonyl (C=O) groups excluding carboxylic acids is 1. The Kier molecular flexibility index (Phi) is 2.86. The van der Waals surface area contributed by atoms with Crippen LogP contribution < -0.4 is 0 Å². The molecule has 0 aliphatic carbocycles. The first-order valence-electron chi connectivity index (χ1n) is 5.40. The predicted molar refractivity (Wildman–Crippen MR) is 51.7 cm³/mol. The van der Waals surface area contributed by atoms with Gasteiger partial charge >= 0.3 is 6.18 Å². The van der Waals surface area contributed by atoms with Gasteiger partial charge in [0, 0.05) is 33.1 Å². The van der Waals surface area contributed by atoms with Gasteiger partial charge in [-0.25, -0.2) is 0 Å². The van der Waals surface area contributed by atoms with Gasteiger partial charge < -0.3 is 4.90 Å². The van der Waals surface area contributed by atoms with Crippen LogP contribution in [-0.2, 0) is 4.79 Å². The minimum Gasteiger partial charge on any atom is -0.342 e. The maximum atomic E-state index is 12.2. The molecule has 1 amide bonds. The minimum atomic E-state index is -4.11. The second kappa shape index (κ2) is 3.91. The van der Waals surface area contributed by atoms with E-state index in [0.29, 0.717) is 26.2 Å². The summed E-state index contributed by atoms with van der Waals surface area (Å²) in [4.78, 5) is 14.3. The Labute approximate surface area is 92.2 Å². The smallest absolute Gasteiger partial charge is 0.342 e. The Morgan fingerprint density at radius 3 is 2.06 bits per heavy atom. The van der Waals surface area contributed by atoms with Crippen LogP contribution in [0.5, 0.6) is 0 Å². The molecular weight excluding hydrogens is 221 g/mol. The fourth-order valence-electron chi connectivity index (χ4n) is 2.73. The molecule has 2 saturated heterocycles. The molecule has 0 aromatic carbocycles. The molecule has 16 heavy (non-hydrogen) atoms. The Morgan fingerprint density at radius 2 is 1.69 bits per heavy atom. The highest BCUT2D eigenvalue weighted by molar-refractivity contribution is 5.73. The van der Waals surface area contributed by atoms with Gasteiger partial charge in [-0.05, 0) is 11.8 Å². The van der Waals surface area contributed by atoms with Crippen LogP contribution in [0.2, 0.25) is 0 Å². The summed E-state index contributed by atoms with van der Waals surface area (Å²) in [5, 5.41) is 0. The number of carbonyl (C=O) groups is 1. The van der Waals surface area contributed by atoms with Crippen molar-refractivity contribution >= 4 is 5.91 Å². The zero-order valence-electron chi connectivity index (χ0n) is 9.13. The Hall–Kier alpha value is -0.780. The monoisotopic (exact) mass is 236 g/mol. The summed E-state index contributed by atoms with van der Waals surface area (Å²) in [6, 6.07) is 0. The largest absolute Gasteiger partial charge is 0.401 e. The lowest BCUT2D eigenvalue weighted by Gasteiger charge is -2.21. The van der Waals surface area contributed by atoms with E-state index in [1.54, 1.807) is 4.90 Å². The van der Waals surface area contributed by atoms with Gasteiger partial charge in [0.05, 0.1) is 6.54 Å². The molecule has 3 nitrogen and oxygen atoms in total. The molecule has 2 heterocycles. The van der Waals surface area contributed by atoms with Crippen molar-refractivity contribution in [1.82, 2.24) is 9.80 Å². The van der Waals surface area contributed by atoms with Gasteiger partial charge in [-0.1, -0.05) is 0 Å². The van der Waals surface area contributed by atoms with Crippen LogP contribution in [0.15, 0.2) is 0 Å². The van der Waals surface area contributed by atoms with Crippen molar-refractivity contribution in [3.05, 3.63) is 0 Å². The van der Waals surface area contributed by atoms with Crippen LogP contribution in [0.3, 0.4) is 0 Å². The van der Waals surface area contributed by atoms with Crippen LogP contribution in [0.4, 0.5) is 13.2 Å². The van der Waals surface area contributed by atoms with Gasteiger partial charge in [-0.15, -0.1) is 0 Å². The third-order valence-corrected chi connectivity index (χ3v) is 3.41. The van der Waals surface area contributed by atoms with Crippen LogP contribution >= 0.6 is 0 Å². The van der Waals surface area contributed by atoms with Crippen LogP contribution in [0, 0.1) is 11.8 Å². The van der Waals surface area contributed by atoms with Crippen LogP contribution in [0.25, 0.3) is 0 Å². The maximum absolute atomic E-state index is 12.2. The van der Waals surface area contributed by atoms with E-state index in [1.807, 2.05) is 0 Å². The predicted octanol–water partition coefficient (Wildman–Crippen LogP) is 0.959. The molecule has 0 N–H and O–H groups in total. The number of alkyl halides is 3. The first-order valence-corrected chi connectivity index (χ1v) is 5.40. The summed E-state index contributed by atoms with van der Waals surface area (Å²) in [6.45, 7) is 2.86. The summed E-state index contributed by atoms with van der Waals surface area (Å²) >= 11 is 0. The molecule has 0 aromatic heterocycles. The number of likely N-dealkylation sites (tertiary alicyclic amines) is 2. The normalized spacial score (nSPS) is 30.9. The Balaban J connectivity index is 1.87. The van der Waals surface area contributed by atoms with Crippen molar-refractivity contribution in [2.45, 2.75) is 13.1 Å². The standard InChI is InChI=1S/C10H15F3N2O/c1-7(16)15-4-8-2-14(3-9(8)5-15)6-10(11,12)13/h8-9H,2-6H2,1H3.